The van der Waals surface area contributed by atoms with Gasteiger partial charge in [0.2, 0.25) is 0 Å². The molecule has 0 fully saturated rings. The normalized spacial score (nSPS) is 14.4. The third-order valence-corrected chi connectivity index (χ3v) is 2.83. The molecule has 0 aromatic heterocycles. The zero-order valence-corrected chi connectivity index (χ0v) is 10.2. The Bertz CT molecular complexity index is 334. The third-order valence-electron chi connectivity index (χ3n) is 2.83. The van der Waals surface area contributed by atoms with Gasteiger partial charge in [0.05, 0.1) is 5.60 Å². The van der Waals surface area contributed by atoms with Gasteiger partial charge in [-0.15, -0.1) is 6.58 Å². The molecule has 2 heteroatoms. The van der Waals surface area contributed by atoms with Crippen molar-refractivity contribution in [3.05, 3.63) is 48.0 Å². The second kappa shape index (κ2) is 5.83. The topological polar surface area (TPSA) is 35.2 Å². The van der Waals surface area contributed by atoms with Crippen LogP contribution in [0.5, 0.6) is 0 Å². The Morgan fingerprint density at radius 2 is 2.00 bits per heavy atom. The van der Waals surface area contributed by atoms with Gasteiger partial charge < -0.3 is 10.5 Å². The monoisotopic (exact) mass is 219 g/mol. The molecule has 0 aliphatic rings. The molecule has 1 unspecified atom stereocenters. The first kappa shape index (κ1) is 12.9. The molecule has 1 aromatic carbocycles. The summed E-state index contributed by atoms with van der Waals surface area (Å²) in [6, 6.07) is 10.2. The number of rotatable bonds is 6. The molecule has 2 N–H and O–H groups in total. The number of hydrogen-bond acceptors (Lipinski definition) is 2. The van der Waals surface area contributed by atoms with Crippen molar-refractivity contribution in [3.63, 3.8) is 0 Å². The first-order valence-corrected chi connectivity index (χ1v) is 5.60. The first-order valence-electron chi connectivity index (χ1n) is 5.60. The Morgan fingerprint density at radius 3 is 2.44 bits per heavy atom. The summed E-state index contributed by atoms with van der Waals surface area (Å²) in [4.78, 5) is 0. The maximum atomic E-state index is 5.73. The lowest BCUT2D eigenvalue weighted by Gasteiger charge is -2.33. The van der Waals surface area contributed by atoms with Gasteiger partial charge in [-0.2, -0.15) is 0 Å². The lowest BCUT2D eigenvalue weighted by molar-refractivity contribution is -0.0199. The summed E-state index contributed by atoms with van der Waals surface area (Å²) in [5, 5.41) is 0. The maximum absolute atomic E-state index is 5.73. The fourth-order valence-electron chi connectivity index (χ4n) is 2.09. The fourth-order valence-corrected chi connectivity index (χ4v) is 2.09. The van der Waals surface area contributed by atoms with E-state index in [0.29, 0.717) is 6.54 Å². The third kappa shape index (κ3) is 2.94. The molecule has 0 aliphatic heterocycles. The maximum Gasteiger partial charge on any atom is 0.0976 e. The number of nitrogens with two attached hydrogens (primary N) is 1. The predicted octanol–water partition coefficient (Wildman–Crippen LogP) is 2.84. The van der Waals surface area contributed by atoms with Crippen LogP contribution in [-0.4, -0.2) is 13.7 Å². The van der Waals surface area contributed by atoms with E-state index >= 15 is 0 Å². The molecular weight excluding hydrogens is 198 g/mol. The highest BCUT2D eigenvalue weighted by molar-refractivity contribution is 5.24. The van der Waals surface area contributed by atoms with Crippen LogP contribution in [0.4, 0.5) is 0 Å². The molecule has 0 aliphatic carbocycles. The van der Waals surface area contributed by atoms with Crippen molar-refractivity contribution in [1.29, 1.82) is 0 Å². The summed E-state index contributed by atoms with van der Waals surface area (Å²) < 4.78 is 5.73. The second-order valence-electron chi connectivity index (χ2n) is 4.24. The molecule has 0 radical (unpaired) electrons. The minimum atomic E-state index is -0.318. The van der Waals surface area contributed by atoms with Crippen molar-refractivity contribution in [2.24, 2.45) is 5.73 Å². The highest BCUT2D eigenvalue weighted by Crippen LogP contribution is 2.34. The molecule has 0 saturated heterocycles. The van der Waals surface area contributed by atoms with Gasteiger partial charge in [-0.25, -0.2) is 0 Å². The van der Waals surface area contributed by atoms with E-state index in [1.807, 2.05) is 25.1 Å². The molecule has 0 saturated carbocycles. The van der Waals surface area contributed by atoms with Crippen molar-refractivity contribution in [3.8, 4) is 0 Å². The Kier molecular flexibility index (Phi) is 4.71. The standard InChI is InChI=1S/C14H21NO/c1-12(2)11-14(16-3,9-10-15)13-7-5-4-6-8-13/h4-8H,1,9-11,15H2,2-3H3. The summed E-state index contributed by atoms with van der Waals surface area (Å²) in [7, 11) is 1.74. The SMILES string of the molecule is C=C(C)CC(CCN)(OC)c1ccccc1. The first-order chi connectivity index (χ1) is 7.64. The van der Waals surface area contributed by atoms with E-state index in [0.717, 1.165) is 18.4 Å². The van der Waals surface area contributed by atoms with Gasteiger partial charge in [-0.1, -0.05) is 35.9 Å². The van der Waals surface area contributed by atoms with Gasteiger partial charge in [0, 0.05) is 13.5 Å². The molecule has 16 heavy (non-hydrogen) atoms. The quantitative estimate of drug-likeness (QED) is 0.747. The van der Waals surface area contributed by atoms with Crippen LogP contribution in [-0.2, 0) is 10.3 Å². The van der Waals surface area contributed by atoms with E-state index in [1.54, 1.807) is 7.11 Å². The number of hydrogen-bond donors (Lipinski definition) is 1. The number of ether oxygens (including phenoxy) is 1. The summed E-state index contributed by atoms with van der Waals surface area (Å²) in [5.41, 5.74) is 7.66. The molecule has 1 aromatic rings. The van der Waals surface area contributed by atoms with Gasteiger partial charge in [-0.05, 0) is 25.5 Å². The van der Waals surface area contributed by atoms with E-state index in [1.165, 1.54) is 5.56 Å². The molecule has 88 valence electrons. The average Bonchev–Trinajstić information content (AvgIpc) is 2.29. The number of benzene rings is 1. The van der Waals surface area contributed by atoms with Crippen LogP contribution >= 0.6 is 0 Å². The van der Waals surface area contributed by atoms with Crippen molar-refractivity contribution < 1.29 is 4.74 Å². The number of methoxy groups -OCH3 is 1. The lowest BCUT2D eigenvalue weighted by atomic mass is 9.84. The lowest BCUT2D eigenvalue weighted by Crippen LogP contribution is -2.31. The van der Waals surface area contributed by atoms with Crippen molar-refractivity contribution in [2.75, 3.05) is 13.7 Å². The minimum absolute atomic E-state index is 0.318. The van der Waals surface area contributed by atoms with E-state index in [-0.39, 0.29) is 5.60 Å². The van der Waals surface area contributed by atoms with Gasteiger partial charge in [0.1, 0.15) is 0 Å². The summed E-state index contributed by atoms with van der Waals surface area (Å²) in [6.07, 6.45) is 1.62. The largest absolute Gasteiger partial charge is 0.373 e. The van der Waals surface area contributed by atoms with E-state index < -0.39 is 0 Å². The smallest absolute Gasteiger partial charge is 0.0976 e. The Hall–Kier alpha value is -1.12. The van der Waals surface area contributed by atoms with E-state index in [9.17, 15) is 0 Å². The van der Waals surface area contributed by atoms with Crippen LogP contribution in [0.2, 0.25) is 0 Å². The van der Waals surface area contributed by atoms with Crippen LogP contribution in [0.3, 0.4) is 0 Å². The van der Waals surface area contributed by atoms with Crippen LogP contribution in [0.25, 0.3) is 0 Å². The molecule has 2 nitrogen and oxygen atoms in total. The predicted molar refractivity (Wildman–Crippen MR) is 68.2 cm³/mol. The van der Waals surface area contributed by atoms with Crippen LogP contribution < -0.4 is 5.73 Å². The highest BCUT2D eigenvalue weighted by Gasteiger charge is 2.30. The molecule has 0 amide bonds. The van der Waals surface area contributed by atoms with E-state index in [4.69, 9.17) is 10.5 Å². The molecule has 0 heterocycles. The van der Waals surface area contributed by atoms with Gasteiger partial charge in [0.25, 0.3) is 0 Å². The zero-order chi connectivity index (χ0) is 12.0. The summed E-state index contributed by atoms with van der Waals surface area (Å²) in [6.45, 7) is 6.60. The van der Waals surface area contributed by atoms with Gasteiger partial charge in [0.15, 0.2) is 0 Å². The Labute approximate surface area is 98.1 Å². The fraction of sp³-hybridized carbons (Fsp3) is 0.429. The van der Waals surface area contributed by atoms with Gasteiger partial charge >= 0.3 is 0 Å². The minimum Gasteiger partial charge on any atom is -0.373 e. The molecule has 0 spiro atoms. The van der Waals surface area contributed by atoms with Gasteiger partial charge in [-0.3, -0.25) is 0 Å². The Morgan fingerprint density at radius 1 is 1.38 bits per heavy atom. The van der Waals surface area contributed by atoms with Crippen molar-refractivity contribution >= 4 is 0 Å². The molecule has 0 bridgehead atoms. The van der Waals surface area contributed by atoms with Crippen molar-refractivity contribution in [2.45, 2.75) is 25.4 Å². The van der Waals surface area contributed by atoms with E-state index in [2.05, 4.69) is 18.7 Å². The zero-order valence-electron chi connectivity index (χ0n) is 10.2. The Balaban J connectivity index is 3.06. The highest BCUT2D eigenvalue weighted by atomic mass is 16.5. The van der Waals surface area contributed by atoms with Crippen molar-refractivity contribution in [1.82, 2.24) is 0 Å². The average molecular weight is 219 g/mol. The van der Waals surface area contributed by atoms with Crippen LogP contribution in [0, 0.1) is 0 Å². The molecular formula is C14H21NO. The molecule has 1 atom stereocenters. The van der Waals surface area contributed by atoms with Crippen LogP contribution in [0.1, 0.15) is 25.3 Å². The van der Waals surface area contributed by atoms with Crippen LogP contribution in [0.15, 0.2) is 42.5 Å². The second-order valence-corrected chi connectivity index (χ2v) is 4.24. The summed E-state index contributed by atoms with van der Waals surface area (Å²) >= 11 is 0. The summed E-state index contributed by atoms with van der Waals surface area (Å²) in [5.74, 6) is 0. The molecule has 1 rings (SSSR count).